The molecule has 2 N–H and O–H groups in total. The van der Waals surface area contributed by atoms with E-state index in [0.717, 1.165) is 12.1 Å². The van der Waals surface area contributed by atoms with Gasteiger partial charge in [0.05, 0.1) is 0 Å². The number of aliphatic carboxylic acids is 1. The van der Waals surface area contributed by atoms with Gasteiger partial charge in [0.2, 0.25) is 5.91 Å². The van der Waals surface area contributed by atoms with Crippen molar-refractivity contribution < 1.29 is 23.5 Å². The molecule has 0 saturated carbocycles. The lowest BCUT2D eigenvalue weighted by atomic mass is 10.2. The van der Waals surface area contributed by atoms with Gasteiger partial charge in [-0.15, -0.1) is 18.3 Å². The van der Waals surface area contributed by atoms with Crippen molar-refractivity contribution in [3.63, 3.8) is 0 Å². The molecule has 1 aromatic rings. The Kier molecular flexibility index (Phi) is 6.87. The molecule has 1 unspecified atom stereocenters. The van der Waals surface area contributed by atoms with Crippen LogP contribution in [0.15, 0.2) is 35.7 Å². The van der Waals surface area contributed by atoms with Crippen molar-refractivity contribution in [1.82, 2.24) is 5.32 Å². The normalized spacial score (nSPS) is 11.7. The first-order valence-electron chi connectivity index (χ1n) is 6.15. The minimum atomic E-state index is -1.13. The highest BCUT2D eigenvalue weighted by Gasteiger charge is 2.17. The van der Waals surface area contributed by atoms with Crippen LogP contribution in [0.2, 0.25) is 0 Å². The Bertz CT molecular complexity index is 537. The smallest absolute Gasteiger partial charge is 0.326 e. The van der Waals surface area contributed by atoms with Gasteiger partial charge < -0.3 is 10.4 Å². The van der Waals surface area contributed by atoms with Gasteiger partial charge in [-0.05, 0) is 24.6 Å². The van der Waals surface area contributed by atoms with Gasteiger partial charge in [0, 0.05) is 17.1 Å². The first-order chi connectivity index (χ1) is 9.93. The number of halogens is 2. The van der Waals surface area contributed by atoms with Crippen molar-refractivity contribution in [3.8, 4) is 0 Å². The fraction of sp³-hybridized carbons (Fsp3) is 0.286. The molecular formula is C14H15F2NO3S. The van der Waals surface area contributed by atoms with Gasteiger partial charge in [-0.1, -0.05) is 6.08 Å². The molecule has 1 amide bonds. The van der Waals surface area contributed by atoms with Gasteiger partial charge >= 0.3 is 5.97 Å². The maximum absolute atomic E-state index is 13.0. The predicted octanol–water partition coefficient (Wildman–Crippen LogP) is 2.59. The van der Waals surface area contributed by atoms with E-state index in [-0.39, 0.29) is 12.8 Å². The molecular weight excluding hydrogens is 300 g/mol. The summed E-state index contributed by atoms with van der Waals surface area (Å²) in [5.74, 6) is -3.08. The fourth-order valence-corrected chi connectivity index (χ4v) is 2.36. The maximum Gasteiger partial charge on any atom is 0.326 e. The number of carboxylic acids is 1. The highest BCUT2D eigenvalue weighted by atomic mass is 32.2. The van der Waals surface area contributed by atoms with E-state index in [9.17, 15) is 18.4 Å². The van der Waals surface area contributed by atoms with E-state index in [0.29, 0.717) is 10.6 Å². The monoisotopic (exact) mass is 315 g/mol. The zero-order valence-corrected chi connectivity index (χ0v) is 12.0. The molecule has 0 fully saturated rings. The number of hydrogen-bond acceptors (Lipinski definition) is 3. The van der Waals surface area contributed by atoms with Crippen molar-refractivity contribution >= 4 is 23.6 Å². The van der Waals surface area contributed by atoms with Crippen LogP contribution in [0, 0.1) is 11.6 Å². The van der Waals surface area contributed by atoms with Crippen LogP contribution in [0.5, 0.6) is 0 Å². The lowest BCUT2D eigenvalue weighted by molar-refractivity contribution is -0.141. The minimum Gasteiger partial charge on any atom is -0.480 e. The average molecular weight is 315 g/mol. The molecule has 0 spiro atoms. The maximum atomic E-state index is 13.0. The Morgan fingerprint density at radius 2 is 2.10 bits per heavy atom. The number of carboxylic acid groups (broad SMARTS) is 1. The van der Waals surface area contributed by atoms with Gasteiger partial charge in [-0.2, -0.15) is 0 Å². The highest BCUT2D eigenvalue weighted by molar-refractivity contribution is 7.99. The number of benzene rings is 1. The van der Waals surface area contributed by atoms with Gasteiger partial charge in [0.1, 0.15) is 6.04 Å². The fourth-order valence-electron chi connectivity index (χ4n) is 1.48. The van der Waals surface area contributed by atoms with Crippen LogP contribution in [-0.2, 0) is 9.59 Å². The summed E-state index contributed by atoms with van der Waals surface area (Å²) in [6, 6.07) is 2.49. The quantitative estimate of drug-likeness (QED) is 0.571. The van der Waals surface area contributed by atoms with Crippen molar-refractivity contribution in [2.75, 3.05) is 5.75 Å². The largest absolute Gasteiger partial charge is 0.480 e. The Labute approximate surface area is 125 Å². The van der Waals surface area contributed by atoms with Gasteiger partial charge in [-0.3, -0.25) is 4.79 Å². The van der Waals surface area contributed by atoms with Crippen LogP contribution in [-0.4, -0.2) is 28.8 Å². The second-order valence-electron chi connectivity index (χ2n) is 4.16. The predicted molar refractivity (Wildman–Crippen MR) is 76.1 cm³/mol. The first kappa shape index (κ1) is 17.2. The summed E-state index contributed by atoms with van der Waals surface area (Å²) in [5, 5.41) is 11.2. The lowest BCUT2D eigenvalue weighted by Gasteiger charge is -2.12. The summed E-state index contributed by atoms with van der Waals surface area (Å²) >= 11 is 1.19. The summed E-state index contributed by atoms with van der Waals surface area (Å²) in [4.78, 5) is 22.9. The molecule has 21 heavy (non-hydrogen) atoms. The molecule has 0 aromatic heterocycles. The molecule has 1 rings (SSSR count). The Hall–Kier alpha value is -1.89. The van der Waals surface area contributed by atoms with Crippen LogP contribution in [0.1, 0.15) is 12.8 Å². The topological polar surface area (TPSA) is 66.4 Å². The standard InChI is InChI=1S/C14H15F2NO3S/c1-2-3-12(14(19)20)17-13(18)6-7-21-9-4-5-10(15)11(16)8-9/h2,4-5,8,12H,1,3,6-7H2,(H,17,18)(H,19,20). The molecule has 7 heteroatoms. The second-order valence-corrected chi connectivity index (χ2v) is 5.33. The molecule has 1 atom stereocenters. The van der Waals surface area contributed by atoms with Crippen molar-refractivity contribution in [2.45, 2.75) is 23.8 Å². The molecule has 0 radical (unpaired) electrons. The van der Waals surface area contributed by atoms with E-state index in [4.69, 9.17) is 5.11 Å². The van der Waals surface area contributed by atoms with E-state index < -0.39 is 29.6 Å². The number of nitrogens with one attached hydrogen (secondary N) is 1. The van der Waals surface area contributed by atoms with E-state index in [1.54, 1.807) is 0 Å². The van der Waals surface area contributed by atoms with Crippen LogP contribution in [0.3, 0.4) is 0 Å². The number of thioether (sulfide) groups is 1. The Morgan fingerprint density at radius 1 is 1.38 bits per heavy atom. The number of carbonyl (C=O) groups excluding carboxylic acids is 1. The molecule has 114 valence electrons. The zero-order valence-electron chi connectivity index (χ0n) is 11.1. The Balaban J connectivity index is 2.40. The molecule has 0 saturated heterocycles. The highest BCUT2D eigenvalue weighted by Crippen LogP contribution is 2.20. The summed E-state index contributed by atoms with van der Waals surface area (Å²) in [6.45, 7) is 3.42. The number of amides is 1. The molecule has 0 aliphatic carbocycles. The molecule has 0 aliphatic rings. The van der Waals surface area contributed by atoms with E-state index in [1.807, 2.05) is 0 Å². The van der Waals surface area contributed by atoms with Gasteiger partial charge in [-0.25, -0.2) is 13.6 Å². The molecule has 1 aromatic carbocycles. The molecule has 0 aliphatic heterocycles. The summed E-state index contributed by atoms with van der Waals surface area (Å²) in [7, 11) is 0. The van der Waals surface area contributed by atoms with Crippen LogP contribution in [0.4, 0.5) is 8.78 Å². The summed E-state index contributed by atoms with van der Waals surface area (Å²) in [6.07, 6.45) is 1.62. The van der Waals surface area contributed by atoms with Crippen LogP contribution < -0.4 is 5.32 Å². The molecule has 0 heterocycles. The third kappa shape index (κ3) is 5.95. The second kappa shape index (κ2) is 8.41. The van der Waals surface area contributed by atoms with Crippen molar-refractivity contribution in [1.29, 1.82) is 0 Å². The number of carbonyl (C=O) groups is 2. The molecule has 0 bridgehead atoms. The number of rotatable bonds is 8. The van der Waals surface area contributed by atoms with Gasteiger partial charge in [0.15, 0.2) is 11.6 Å². The first-order valence-corrected chi connectivity index (χ1v) is 7.13. The van der Waals surface area contributed by atoms with Crippen molar-refractivity contribution in [2.24, 2.45) is 0 Å². The van der Waals surface area contributed by atoms with E-state index >= 15 is 0 Å². The van der Waals surface area contributed by atoms with E-state index in [2.05, 4.69) is 11.9 Å². The van der Waals surface area contributed by atoms with Crippen LogP contribution in [0.25, 0.3) is 0 Å². The van der Waals surface area contributed by atoms with E-state index in [1.165, 1.54) is 23.9 Å². The summed E-state index contributed by atoms with van der Waals surface area (Å²) in [5.41, 5.74) is 0. The summed E-state index contributed by atoms with van der Waals surface area (Å²) < 4.78 is 25.7. The third-order valence-corrected chi connectivity index (χ3v) is 3.52. The Morgan fingerprint density at radius 3 is 2.67 bits per heavy atom. The zero-order chi connectivity index (χ0) is 15.8. The van der Waals surface area contributed by atoms with Gasteiger partial charge in [0.25, 0.3) is 0 Å². The minimum absolute atomic E-state index is 0.0740. The lowest BCUT2D eigenvalue weighted by Crippen LogP contribution is -2.40. The van der Waals surface area contributed by atoms with Crippen molar-refractivity contribution in [3.05, 3.63) is 42.5 Å². The molecule has 4 nitrogen and oxygen atoms in total. The van der Waals surface area contributed by atoms with Crippen LogP contribution >= 0.6 is 11.8 Å². The number of hydrogen-bond donors (Lipinski definition) is 2. The average Bonchev–Trinajstić information content (AvgIpc) is 2.42. The third-order valence-electron chi connectivity index (χ3n) is 2.52. The SMILES string of the molecule is C=CCC(NC(=O)CCSc1ccc(F)c(F)c1)C(=O)O.